The first-order valence-corrected chi connectivity index (χ1v) is 17.3. The molecule has 1 aliphatic heterocycles. The van der Waals surface area contributed by atoms with Crippen LogP contribution in [0.5, 0.6) is 17.2 Å². The van der Waals surface area contributed by atoms with Crippen molar-refractivity contribution in [1.29, 1.82) is 0 Å². The van der Waals surface area contributed by atoms with Gasteiger partial charge in [-0.2, -0.15) is 0 Å². The van der Waals surface area contributed by atoms with Crippen molar-refractivity contribution < 1.29 is 27.4 Å². The molecule has 1 heterocycles. The van der Waals surface area contributed by atoms with Crippen molar-refractivity contribution in [1.82, 2.24) is 4.90 Å². The standard InChI is InChI=1S/C36H42N2O6S/c1-6-7-24-42-30-15-19-33-27(25-30)10-18-32(26-8-16-31(17-9-26)45(5,40)41)34(33)43-29-13-11-28(12-14-29)37-20-22-38(23-21-37)35(39)44-36(2,3)4/h8-19,25H,6-7,20-24H2,1-5H3. The number of amides is 1. The fourth-order valence-electron chi connectivity index (χ4n) is 5.24. The summed E-state index contributed by atoms with van der Waals surface area (Å²) in [5, 5.41) is 1.90. The Morgan fingerprint density at radius 2 is 1.51 bits per heavy atom. The van der Waals surface area contributed by atoms with Crippen LogP contribution in [0, 0.1) is 0 Å². The zero-order chi connectivity index (χ0) is 32.2. The molecule has 8 nitrogen and oxygen atoms in total. The molecule has 1 aliphatic rings. The van der Waals surface area contributed by atoms with E-state index in [2.05, 4.69) is 11.8 Å². The van der Waals surface area contributed by atoms with Crippen LogP contribution in [0.25, 0.3) is 21.9 Å². The number of carbonyl (C=O) groups is 1. The lowest BCUT2D eigenvalue weighted by molar-refractivity contribution is 0.0240. The van der Waals surface area contributed by atoms with E-state index in [1.165, 1.54) is 6.26 Å². The number of ether oxygens (including phenoxy) is 3. The molecule has 9 heteroatoms. The summed E-state index contributed by atoms with van der Waals surface area (Å²) < 4.78 is 42.2. The van der Waals surface area contributed by atoms with Crippen molar-refractivity contribution in [2.24, 2.45) is 0 Å². The van der Waals surface area contributed by atoms with Gasteiger partial charge < -0.3 is 24.0 Å². The maximum atomic E-state index is 12.5. The fourth-order valence-corrected chi connectivity index (χ4v) is 5.87. The molecular weight excluding hydrogens is 588 g/mol. The van der Waals surface area contributed by atoms with Gasteiger partial charge in [0, 0.05) is 49.1 Å². The number of benzene rings is 4. The second kappa shape index (κ2) is 13.4. The second-order valence-electron chi connectivity index (χ2n) is 12.4. The Morgan fingerprint density at radius 1 is 0.844 bits per heavy atom. The molecular formula is C36H42N2O6S. The van der Waals surface area contributed by atoms with Crippen molar-refractivity contribution >= 4 is 32.4 Å². The van der Waals surface area contributed by atoms with Gasteiger partial charge in [-0.25, -0.2) is 13.2 Å². The highest BCUT2D eigenvalue weighted by atomic mass is 32.2. The summed E-state index contributed by atoms with van der Waals surface area (Å²) in [6, 6.07) is 24.9. The number of fused-ring (bicyclic) bond motifs is 1. The monoisotopic (exact) mass is 630 g/mol. The molecule has 4 aromatic carbocycles. The highest BCUT2D eigenvalue weighted by Crippen LogP contribution is 2.41. The third-order valence-corrected chi connectivity index (χ3v) is 8.78. The van der Waals surface area contributed by atoms with E-state index < -0.39 is 15.4 Å². The average molecular weight is 631 g/mol. The van der Waals surface area contributed by atoms with Crippen molar-refractivity contribution in [3.8, 4) is 28.4 Å². The minimum absolute atomic E-state index is 0.269. The number of anilines is 1. The minimum Gasteiger partial charge on any atom is -0.494 e. The number of piperazine rings is 1. The molecule has 0 spiro atoms. The Morgan fingerprint density at radius 3 is 2.13 bits per heavy atom. The van der Waals surface area contributed by atoms with Crippen molar-refractivity contribution in [2.75, 3.05) is 43.9 Å². The van der Waals surface area contributed by atoms with E-state index >= 15 is 0 Å². The quantitative estimate of drug-likeness (QED) is 0.174. The van der Waals surface area contributed by atoms with Gasteiger partial charge in [0.2, 0.25) is 0 Å². The number of hydrogen-bond acceptors (Lipinski definition) is 7. The van der Waals surface area contributed by atoms with Crippen LogP contribution in [0.3, 0.4) is 0 Å². The van der Waals surface area contributed by atoms with Gasteiger partial charge in [-0.1, -0.05) is 31.5 Å². The van der Waals surface area contributed by atoms with Gasteiger partial charge in [-0.05, 0) is 98.8 Å². The molecule has 0 bridgehead atoms. The van der Waals surface area contributed by atoms with Crippen LogP contribution in [-0.4, -0.2) is 64.1 Å². The lowest BCUT2D eigenvalue weighted by atomic mass is 9.99. The Kier molecular flexibility index (Phi) is 9.58. The van der Waals surface area contributed by atoms with E-state index in [9.17, 15) is 13.2 Å². The Labute approximate surface area is 266 Å². The molecule has 0 atom stereocenters. The summed E-state index contributed by atoms with van der Waals surface area (Å²) in [5.74, 6) is 2.16. The zero-order valence-electron chi connectivity index (χ0n) is 26.7. The minimum atomic E-state index is -3.31. The molecule has 0 aliphatic carbocycles. The summed E-state index contributed by atoms with van der Waals surface area (Å²) in [6.45, 7) is 11.0. The van der Waals surface area contributed by atoms with Gasteiger partial charge >= 0.3 is 6.09 Å². The summed E-state index contributed by atoms with van der Waals surface area (Å²) in [4.78, 5) is 16.7. The van der Waals surface area contributed by atoms with Crippen LogP contribution < -0.4 is 14.4 Å². The van der Waals surface area contributed by atoms with Crippen molar-refractivity contribution in [3.05, 3.63) is 78.9 Å². The molecule has 0 aromatic heterocycles. The topological polar surface area (TPSA) is 85.4 Å². The second-order valence-corrected chi connectivity index (χ2v) is 14.4. The molecule has 0 N–H and O–H groups in total. The molecule has 1 fully saturated rings. The fraction of sp³-hybridized carbons (Fsp3) is 0.361. The largest absolute Gasteiger partial charge is 0.494 e. The maximum Gasteiger partial charge on any atom is 0.410 e. The van der Waals surface area contributed by atoms with Gasteiger partial charge in [-0.3, -0.25) is 0 Å². The van der Waals surface area contributed by atoms with E-state index in [1.54, 1.807) is 17.0 Å². The predicted octanol–water partition coefficient (Wildman–Crippen LogP) is 7.94. The van der Waals surface area contributed by atoms with Crippen LogP contribution in [0.4, 0.5) is 10.5 Å². The van der Waals surface area contributed by atoms with Crippen molar-refractivity contribution in [3.63, 3.8) is 0 Å². The number of nitrogens with zero attached hydrogens (tertiary/aromatic N) is 2. The molecule has 45 heavy (non-hydrogen) atoms. The summed E-state index contributed by atoms with van der Waals surface area (Å²) in [7, 11) is -3.31. The average Bonchev–Trinajstić information content (AvgIpc) is 3.00. The van der Waals surface area contributed by atoms with Gasteiger partial charge in [0.05, 0.1) is 11.5 Å². The molecule has 5 rings (SSSR count). The van der Waals surface area contributed by atoms with Crippen LogP contribution in [0.1, 0.15) is 40.5 Å². The Hall–Kier alpha value is -4.24. The number of unbranched alkanes of at least 4 members (excludes halogenated alkanes) is 1. The first-order valence-electron chi connectivity index (χ1n) is 15.4. The first kappa shape index (κ1) is 32.2. The van der Waals surface area contributed by atoms with Gasteiger partial charge in [0.1, 0.15) is 22.8 Å². The Bertz CT molecular complexity index is 1740. The SMILES string of the molecule is CCCCOc1ccc2c(Oc3ccc(N4CCN(C(=O)OC(C)(C)C)CC4)cc3)c(-c3ccc(S(C)(=O)=O)cc3)ccc2c1. The van der Waals surface area contributed by atoms with Crippen LogP contribution in [-0.2, 0) is 14.6 Å². The molecule has 0 saturated carbocycles. The smallest absolute Gasteiger partial charge is 0.410 e. The third kappa shape index (κ3) is 8.08. The summed E-state index contributed by atoms with van der Waals surface area (Å²) >= 11 is 0. The zero-order valence-corrected chi connectivity index (χ0v) is 27.5. The van der Waals surface area contributed by atoms with Gasteiger partial charge in [0.15, 0.2) is 9.84 Å². The Balaban J connectivity index is 1.39. The molecule has 238 valence electrons. The lowest BCUT2D eigenvalue weighted by Gasteiger charge is -2.36. The van der Waals surface area contributed by atoms with Crippen LogP contribution >= 0.6 is 0 Å². The third-order valence-electron chi connectivity index (χ3n) is 7.66. The summed E-state index contributed by atoms with van der Waals surface area (Å²) in [6.07, 6.45) is 2.98. The number of sulfone groups is 1. The van der Waals surface area contributed by atoms with E-state index in [1.807, 2.05) is 87.5 Å². The summed E-state index contributed by atoms with van der Waals surface area (Å²) in [5.41, 5.74) is 2.24. The van der Waals surface area contributed by atoms with Crippen LogP contribution in [0.15, 0.2) is 83.8 Å². The van der Waals surface area contributed by atoms with E-state index in [-0.39, 0.29) is 11.0 Å². The number of hydrogen-bond donors (Lipinski definition) is 0. The van der Waals surface area contributed by atoms with E-state index in [4.69, 9.17) is 14.2 Å². The highest BCUT2D eigenvalue weighted by molar-refractivity contribution is 7.90. The van der Waals surface area contributed by atoms with E-state index in [0.717, 1.165) is 46.2 Å². The number of rotatable bonds is 9. The predicted molar refractivity (Wildman–Crippen MR) is 179 cm³/mol. The molecule has 1 amide bonds. The molecule has 0 radical (unpaired) electrons. The number of carbonyl (C=O) groups excluding carboxylic acids is 1. The van der Waals surface area contributed by atoms with E-state index in [0.29, 0.717) is 44.3 Å². The van der Waals surface area contributed by atoms with Crippen molar-refractivity contribution in [2.45, 2.75) is 51.0 Å². The first-order chi connectivity index (χ1) is 21.4. The van der Waals surface area contributed by atoms with Crippen LogP contribution in [0.2, 0.25) is 0 Å². The molecule has 4 aromatic rings. The highest BCUT2D eigenvalue weighted by Gasteiger charge is 2.26. The maximum absolute atomic E-state index is 12.5. The molecule has 0 unspecified atom stereocenters. The lowest BCUT2D eigenvalue weighted by Crippen LogP contribution is -2.50. The molecule has 1 saturated heterocycles. The normalized spacial score (nSPS) is 14.0. The van der Waals surface area contributed by atoms with Gasteiger partial charge in [0.25, 0.3) is 0 Å². The van der Waals surface area contributed by atoms with Gasteiger partial charge in [-0.15, -0.1) is 0 Å².